The average Bonchev–Trinajstić information content (AvgIpc) is 3.18. The van der Waals surface area contributed by atoms with Gasteiger partial charge in [0.2, 0.25) is 17.7 Å². The molecule has 4 aromatic rings. The molecule has 0 bridgehead atoms. The Bertz CT molecular complexity index is 1980. The van der Waals surface area contributed by atoms with Crippen LogP contribution in [0.3, 0.4) is 0 Å². The third-order valence-electron chi connectivity index (χ3n) is 10.4. The lowest BCUT2D eigenvalue weighted by Gasteiger charge is -2.39. The predicted octanol–water partition coefficient (Wildman–Crippen LogP) is 6.70. The third kappa shape index (κ3) is 9.92. The monoisotopic (exact) mass is 744 g/mol. The van der Waals surface area contributed by atoms with Crippen LogP contribution >= 0.6 is 0 Å². The Balaban J connectivity index is 1.26. The molecule has 2 aliphatic rings. The van der Waals surface area contributed by atoms with Crippen molar-refractivity contribution in [1.29, 1.82) is 0 Å². The van der Waals surface area contributed by atoms with Gasteiger partial charge < -0.3 is 25.0 Å². The van der Waals surface area contributed by atoms with Crippen LogP contribution in [-0.2, 0) is 51.5 Å². The molecule has 2 N–H and O–H groups in total. The van der Waals surface area contributed by atoms with Crippen molar-refractivity contribution in [3.05, 3.63) is 137 Å². The average molecular weight is 745 g/mol. The summed E-state index contributed by atoms with van der Waals surface area (Å²) in [5.41, 5.74) is 5.37. The summed E-state index contributed by atoms with van der Waals surface area (Å²) in [6.07, 6.45) is 2.57. The second kappa shape index (κ2) is 17.2. The fourth-order valence-electron chi connectivity index (χ4n) is 7.22. The Labute approximate surface area is 324 Å². The van der Waals surface area contributed by atoms with E-state index in [2.05, 4.69) is 22.8 Å². The number of aryl methyl sites for hydroxylation is 1. The van der Waals surface area contributed by atoms with Crippen LogP contribution < -0.4 is 15.4 Å². The Kier molecular flexibility index (Phi) is 12.2. The van der Waals surface area contributed by atoms with Crippen LogP contribution in [-0.4, -0.2) is 64.4 Å². The minimum atomic E-state index is -1.05. The highest BCUT2D eigenvalue weighted by Gasteiger charge is 2.40. The van der Waals surface area contributed by atoms with Gasteiger partial charge in [0.25, 0.3) is 0 Å². The second-order valence-electron chi connectivity index (χ2n) is 15.6. The van der Waals surface area contributed by atoms with Crippen molar-refractivity contribution in [3.63, 3.8) is 0 Å². The molecule has 0 radical (unpaired) electrons. The number of carbonyl (C=O) groups excluding carboxylic acids is 4. The highest BCUT2D eigenvalue weighted by atomic mass is 16.6. The Morgan fingerprint density at radius 2 is 1.49 bits per heavy atom. The van der Waals surface area contributed by atoms with E-state index in [1.165, 1.54) is 17.5 Å². The maximum atomic E-state index is 14.9. The Hall–Kier alpha value is -5.64. The van der Waals surface area contributed by atoms with Gasteiger partial charge in [0.1, 0.15) is 36.1 Å². The Morgan fingerprint density at radius 3 is 2.20 bits per heavy atom. The molecule has 10 heteroatoms. The first-order valence-electron chi connectivity index (χ1n) is 19.1. The summed E-state index contributed by atoms with van der Waals surface area (Å²) < 4.78 is 11.5. The minimum absolute atomic E-state index is 0.148. The van der Waals surface area contributed by atoms with E-state index in [0.29, 0.717) is 18.8 Å². The summed E-state index contributed by atoms with van der Waals surface area (Å²) >= 11 is 0. The lowest BCUT2D eigenvalue weighted by atomic mass is 9.87. The lowest BCUT2D eigenvalue weighted by molar-refractivity contribution is -0.145. The third-order valence-corrected chi connectivity index (χ3v) is 10.4. The fourth-order valence-corrected chi connectivity index (χ4v) is 7.22. The van der Waals surface area contributed by atoms with Crippen molar-refractivity contribution in [2.24, 2.45) is 0 Å². The molecule has 1 heterocycles. The molecule has 0 unspecified atom stereocenters. The van der Waals surface area contributed by atoms with E-state index in [9.17, 15) is 19.2 Å². The molecule has 55 heavy (non-hydrogen) atoms. The van der Waals surface area contributed by atoms with Crippen molar-refractivity contribution in [1.82, 2.24) is 20.4 Å². The number of amides is 4. The van der Waals surface area contributed by atoms with Gasteiger partial charge in [0.15, 0.2) is 0 Å². The van der Waals surface area contributed by atoms with Gasteiger partial charge in [-0.2, -0.15) is 0 Å². The molecule has 0 fully saturated rings. The van der Waals surface area contributed by atoms with E-state index in [-0.39, 0.29) is 30.8 Å². The highest BCUT2D eigenvalue weighted by molar-refractivity contribution is 5.94. The standard InChI is InChI=1S/C45H52N4O6/c1-30(48(5)44(53)55-45(2,3)4)41(50)47-39(26-31-22-24-36(25-23-31)54-29-32-14-7-6-8-15-32)43(52)49-28-35-18-10-9-17-34(35)27-40(49)42(51)46-38-21-13-19-33-16-11-12-20-37(33)38/h6-12,14-18,20,22-25,30,38-40H,13,19,21,26-29H2,1-5H3,(H,46,51)(H,47,50)/t30-,38+,39-,40-/m0/s1. The number of carbonyl (C=O) groups is 4. The van der Waals surface area contributed by atoms with Crippen LogP contribution in [0.5, 0.6) is 5.75 Å². The van der Waals surface area contributed by atoms with Crippen molar-refractivity contribution in [2.75, 3.05) is 7.05 Å². The fraction of sp³-hybridized carbons (Fsp3) is 0.378. The van der Waals surface area contributed by atoms with Crippen LogP contribution in [0, 0.1) is 0 Å². The molecular formula is C45H52N4O6. The van der Waals surface area contributed by atoms with Crippen molar-refractivity contribution < 1.29 is 28.7 Å². The number of hydrogen-bond donors (Lipinski definition) is 2. The molecule has 0 saturated carbocycles. The highest BCUT2D eigenvalue weighted by Crippen LogP contribution is 2.31. The number of likely N-dealkylation sites (N-methyl/N-ethyl adjacent to an activating group) is 1. The van der Waals surface area contributed by atoms with E-state index in [0.717, 1.165) is 47.1 Å². The van der Waals surface area contributed by atoms with Crippen LogP contribution in [0.1, 0.15) is 80.0 Å². The molecular weight excluding hydrogens is 693 g/mol. The molecule has 6 rings (SSSR count). The molecule has 4 amide bonds. The number of ether oxygens (including phenoxy) is 2. The molecule has 288 valence electrons. The quantitative estimate of drug-likeness (QED) is 0.177. The van der Waals surface area contributed by atoms with Gasteiger partial charge in [-0.15, -0.1) is 0 Å². The van der Waals surface area contributed by atoms with Gasteiger partial charge in [-0.3, -0.25) is 19.3 Å². The first kappa shape index (κ1) is 39.1. The van der Waals surface area contributed by atoms with Crippen molar-refractivity contribution >= 4 is 23.8 Å². The van der Waals surface area contributed by atoms with Crippen LogP contribution in [0.4, 0.5) is 4.79 Å². The van der Waals surface area contributed by atoms with Gasteiger partial charge in [-0.25, -0.2) is 4.79 Å². The normalized spacial score (nSPS) is 17.4. The molecule has 0 aromatic heterocycles. The summed E-state index contributed by atoms with van der Waals surface area (Å²) in [6, 6.07) is 30.4. The molecule has 4 atom stereocenters. The molecule has 1 aliphatic heterocycles. The van der Waals surface area contributed by atoms with Crippen molar-refractivity contribution in [2.45, 2.75) is 103 Å². The molecule has 0 saturated heterocycles. The molecule has 10 nitrogen and oxygen atoms in total. The molecule has 4 aromatic carbocycles. The van der Waals surface area contributed by atoms with Gasteiger partial charge in [0, 0.05) is 26.4 Å². The summed E-state index contributed by atoms with van der Waals surface area (Å²) in [5.74, 6) is -0.469. The largest absolute Gasteiger partial charge is 0.489 e. The summed E-state index contributed by atoms with van der Waals surface area (Å²) in [6.45, 7) is 7.48. The number of fused-ring (bicyclic) bond motifs is 2. The van der Waals surface area contributed by atoms with E-state index >= 15 is 0 Å². The van der Waals surface area contributed by atoms with Gasteiger partial charge in [-0.1, -0.05) is 91.0 Å². The predicted molar refractivity (Wildman–Crippen MR) is 211 cm³/mol. The van der Waals surface area contributed by atoms with Crippen LogP contribution in [0.25, 0.3) is 0 Å². The maximum Gasteiger partial charge on any atom is 0.410 e. The zero-order chi connectivity index (χ0) is 39.1. The smallest absolute Gasteiger partial charge is 0.410 e. The SMILES string of the molecule is C[C@@H](C(=O)N[C@@H](Cc1ccc(OCc2ccccc2)cc1)C(=O)N1Cc2ccccc2C[C@H]1C(=O)N[C@@H]1CCCc2ccccc21)N(C)C(=O)OC(C)(C)C. The number of nitrogens with zero attached hydrogens (tertiary/aromatic N) is 2. The second-order valence-corrected chi connectivity index (χ2v) is 15.6. The maximum absolute atomic E-state index is 14.9. The number of rotatable bonds is 11. The number of nitrogens with one attached hydrogen (secondary N) is 2. The lowest BCUT2D eigenvalue weighted by Crippen LogP contribution is -2.60. The first-order chi connectivity index (χ1) is 26.4. The van der Waals surface area contributed by atoms with Gasteiger partial charge in [0.05, 0.1) is 6.04 Å². The molecule has 0 spiro atoms. The van der Waals surface area contributed by atoms with E-state index < -0.39 is 35.7 Å². The topological polar surface area (TPSA) is 117 Å². The summed E-state index contributed by atoms with van der Waals surface area (Å²) in [4.78, 5) is 58.8. The minimum Gasteiger partial charge on any atom is -0.489 e. The first-order valence-corrected chi connectivity index (χ1v) is 19.1. The zero-order valence-corrected chi connectivity index (χ0v) is 32.4. The van der Waals surface area contributed by atoms with Gasteiger partial charge in [-0.05, 0) is 92.5 Å². The van der Waals surface area contributed by atoms with Gasteiger partial charge >= 0.3 is 6.09 Å². The number of benzene rings is 4. The van der Waals surface area contributed by atoms with Crippen LogP contribution in [0.2, 0.25) is 0 Å². The summed E-state index contributed by atoms with van der Waals surface area (Å²) in [5, 5.41) is 6.25. The van der Waals surface area contributed by atoms with Crippen molar-refractivity contribution in [3.8, 4) is 5.75 Å². The molecule has 1 aliphatic carbocycles. The van der Waals surface area contributed by atoms with E-state index in [1.54, 1.807) is 32.6 Å². The Morgan fingerprint density at radius 1 is 0.836 bits per heavy atom. The zero-order valence-electron chi connectivity index (χ0n) is 32.4. The summed E-state index contributed by atoms with van der Waals surface area (Å²) in [7, 11) is 1.49. The van der Waals surface area contributed by atoms with E-state index in [4.69, 9.17) is 9.47 Å². The van der Waals surface area contributed by atoms with E-state index in [1.807, 2.05) is 91.0 Å². The number of hydrogen-bond acceptors (Lipinski definition) is 6. The van der Waals surface area contributed by atoms with Crippen LogP contribution in [0.15, 0.2) is 103 Å².